The highest BCUT2D eigenvalue weighted by Crippen LogP contribution is 2.18. The van der Waals surface area contributed by atoms with Crippen molar-refractivity contribution in [3.8, 4) is 5.75 Å². The van der Waals surface area contributed by atoms with Gasteiger partial charge in [-0.2, -0.15) is 5.10 Å². The fourth-order valence-corrected chi connectivity index (χ4v) is 1.97. The fourth-order valence-electron chi connectivity index (χ4n) is 1.97. The number of rotatable bonds is 4. The molecule has 112 valence electrons. The summed E-state index contributed by atoms with van der Waals surface area (Å²) in [7, 11) is 0. The van der Waals surface area contributed by atoms with Crippen LogP contribution < -0.4 is 10.3 Å². The molecular weight excluding hydrogens is 264 g/mol. The first-order chi connectivity index (χ1) is 9.88. The van der Waals surface area contributed by atoms with E-state index in [-0.39, 0.29) is 11.0 Å². The molecule has 0 amide bonds. The highest BCUT2D eigenvalue weighted by Gasteiger charge is 2.16. The van der Waals surface area contributed by atoms with Gasteiger partial charge in [-0.25, -0.2) is 4.68 Å². The summed E-state index contributed by atoms with van der Waals surface area (Å²) in [5.41, 5.74) is 1.81. The van der Waals surface area contributed by atoms with Crippen molar-refractivity contribution in [2.24, 2.45) is 0 Å². The average Bonchev–Trinajstić information content (AvgIpc) is 2.41. The van der Waals surface area contributed by atoms with Crippen LogP contribution in [0.1, 0.15) is 32.0 Å². The monoisotopic (exact) mass is 286 g/mol. The zero-order valence-electron chi connectivity index (χ0n) is 13.1. The molecule has 0 aliphatic heterocycles. The smallest absolute Gasteiger partial charge is 0.266 e. The standard InChI is InChI=1S/C17H22N2O2/c1-13-7-5-6-8-14(13)21-12-11-19-16(20)10-9-15(18-19)17(2,3)4/h5-10H,11-12H2,1-4H3. The first-order valence-corrected chi connectivity index (χ1v) is 7.15. The number of benzene rings is 1. The third kappa shape index (κ3) is 3.94. The van der Waals surface area contributed by atoms with Crippen molar-refractivity contribution in [3.63, 3.8) is 0 Å². The third-order valence-corrected chi connectivity index (χ3v) is 3.29. The van der Waals surface area contributed by atoms with Crippen LogP contribution in [0.4, 0.5) is 0 Å². The zero-order chi connectivity index (χ0) is 15.5. The van der Waals surface area contributed by atoms with Crippen molar-refractivity contribution in [1.82, 2.24) is 9.78 Å². The van der Waals surface area contributed by atoms with Crippen LogP contribution in [-0.4, -0.2) is 16.4 Å². The van der Waals surface area contributed by atoms with Crippen LogP contribution in [0.25, 0.3) is 0 Å². The lowest BCUT2D eigenvalue weighted by Gasteiger charge is -2.18. The molecule has 0 fully saturated rings. The Bertz CT molecular complexity index is 669. The normalized spacial score (nSPS) is 11.4. The SMILES string of the molecule is Cc1ccccc1OCCn1nc(C(C)(C)C)ccc1=O. The molecular formula is C17H22N2O2. The summed E-state index contributed by atoms with van der Waals surface area (Å²) in [4.78, 5) is 11.9. The summed E-state index contributed by atoms with van der Waals surface area (Å²) in [5, 5.41) is 4.42. The van der Waals surface area contributed by atoms with Crippen molar-refractivity contribution < 1.29 is 4.74 Å². The molecule has 0 aliphatic rings. The van der Waals surface area contributed by atoms with E-state index in [1.807, 2.05) is 31.2 Å². The Hall–Kier alpha value is -2.10. The molecule has 4 nitrogen and oxygen atoms in total. The molecule has 0 bridgehead atoms. The Morgan fingerprint density at radius 1 is 1.14 bits per heavy atom. The number of ether oxygens (including phenoxy) is 1. The maximum Gasteiger partial charge on any atom is 0.266 e. The number of nitrogens with zero attached hydrogens (tertiary/aromatic N) is 2. The molecule has 1 aromatic heterocycles. The van der Waals surface area contributed by atoms with Crippen LogP contribution >= 0.6 is 0 Å². The van der Waals surface area contributed by atoms with E-state index in [2.05, 4.69) is 25.9 Å². The molecule has 0 N–H and O–H groups in total. The van der Waals surface area contributed by atoms with Crippen molar-refractivity contribution in [2.45, 2.75) is 39.7 Å². The predicted octanol–water partition coefficient (Wildman–Crippen LogP) is 2.93. The first kappa shape index (κ1) is 15.3. The molecule has 1 heterocycles. The van der Waals surface area contributed by atoms with Crippen LogP contribution in [0.5, 0.6) is 5.75 Å². The van der Waals surface area contributed by atoms with Gasteiger partial charge >= 0.3 is 0 Å². The molecule has 0 unspecified atom stereocenters. The molecule has 0 spiro atoms. The van der Waals surface area contributed by atoms with Gasteiger partial charge in [0.2, 0.25) is 0 Å². The van der Waals surface area contributed by atoms with Gasteiger partial charge in [0.15, 0.2) is 0 Å². The van der Waals surface area contributed by atoms with Crippen molar-refractivity contribution in [1.29, 1.82) is 0 Å². The molecule has 1 aromatic carbocycles. The Balaban J connectivity index is 2.07. The molecule has 0 radical (unpaired) electrons. The van der Waals surface area contributed by atoms with Crippen LogP contribution in [0.2, 0.25) is 0 Å². The fraction of sp³-hybridized carbons (Fsp3) is 0.412. The highest BCUT2D eigenvalue weighted by molar-refractivity contribution is 5.31. The number of hydrogen-bond donors (Lipinski definition) is 0. The van der Waals surface area contributed by atoms with E-state index in [1.165, 1.54) is 4.68 Å². The van der Waals surface area contributed by atoms with E-state index in [0.29, 0.717) is 13.2 Å². The average molecular weight is 286 g/mol. The summed E-state index contributed by atoms with van der Waals surface area (Å²) in [6.07, 6.45) is 0. The Morgan fingerprint density at radius 3 is 2.52 bits per heavy atom. The summed E-state index contributed by atoms with van der Waals surface area (Å²) in [5.74, 6) is 0.845. The number of aromatic nitrogens is 2. The Kier molecular flexibility index (Phi) is 4.46. The van der Waals surface area contributed by atoms with E-state index in [0.717, 1.165) is 17.0 Å². The largest absolute Gasteiger partial charge is 0.491 e. The molecule has 21 heavy (non-hydrogen) atoms. The van der Waals surface area contributed by atoms with Gasteiger partial charge in [-0.15, -0.1) is 0 Å². The van der Waals surface area contributed by atoms with Gasteiger partial charge in [-0.3, -0.25) is 4.79 Å². The highest BCUT2D eigenvalue weighted by atomic mass is 16.5. The second kappa shape index (κ2) is 6.12. The minimum absolute atomic E-state index is 0.0771. The van der Waals surface area contributed by atoms with E-state index in [4.69, 9.17) is 4.74 Å². The van der Waals surface area contributed by atoms with Gasteiger partial charge in [-0.05, 0) is 24.6 Å². The van der Waals surface area contributed by atoms with Crippen molar-refractivity contribution in [2.75, 3.05) is 6.61 Å². The third-order valence-electron chi connectivity index (χ3n) is 3.29. The maximum atomic E-state index is 11.9. The van der Waals surface area contributed by atoms with Gasteiger partial charge in [0.05, 0.1) is 12.2 Å². The summed E-state index contributed by atoms with van der Waals surface area (Å²) in [6.45, 7) is 9.10. The van der Waals surface area contributed by atoms with Crippen molar-refractivity contribution >= 4 is 0 Å². The predicted molar refractivity (Wildman–Crippen MR) is 83.9 cm³/mol. The van der Waals surface area contributed by atoms with Crippen molar-refractivity contribution in [3.05, 3.63) is 58.0 Å². The summed E-state index contributed by atoms with van der Waals surface area (Å²) in [6, 6.07) is 11.2. The topological polar surface area (TPSA) is 44.1 Å². The lowest BCUT2D eigenvalue weighted by molar-refractivity contribution is 0.284. The number of hydrogen-bond acceptors (Lipinski definition) is 3. The van der Waals surface area contributed by atoms with Gasteiger partial charge in [0, 0.05) is 11.5 Å². The molecule has 2 rings (SSSR count). The Morgan fingerprint density at radius 2 is 1.86 bits per heavy atom. The number of aryl methyl sites for hydroxylation is 1. The molecule has 0 saturated carbocycles. The molecule has 4 heteroatoms. The second-order valence-corrected chi connectivity index (χ2v) is 6.14. The van der Waals surface area contributed by atoms with Crippen LogP contribution in [0, 0.1) is 6.92 Å². The zero-order valence-corrected chi connectivity index (χ0v) is 13.1. The van der Waals surface area contributed by atoms with E-state index >= 15 is 0 Å². The summed E-state index contributed by atoms with van der Waals surface area (Å²) < 4.78 is 7.19. The second-order valence-electron chi connectivity index (χ2n) is 6.14. The van der Waals surface area contributed by atoms with Gasteiger partial charge in [-0.1, -0.05) is 39.0 Å². The molecule has 0 aliphatic carbocycles. The van der Waals surface area contributed by atoms with Crippen LogP contribution in [-0.2, 0) is 12.0 Å². The van der Waals surface area contributed by atoms with Crippen LogP contribution in [0.3, 0.4) is 0 Å². The number of para-hydroxylation sites is 1. The van der Waals surface area contributed by atoms with Gasteiger partial charge in [0.1, 0.15) is 12.4 Å². The van der Waals surface area contributed by atoms with Gasteiger partial charge < -0.3 is 4.74 Å². The van der Waals surface area contributed by atoms with Crippen LogP contribution in [0.15, 0.2) is 41.2 Å². The van der Waals surface area contributed by atoms with E-state index < -0.39 is 0 Å². The quantitative estimate of drug-likeness (QED) is 0.868. The lowest BCUT2D eigenvalue weighted by Crippen LogP contribution is -2.28. The minimum Gasteiger partial charge on any atom is -0.491 e. The summed E-state index contributed by atoms with van der Waals surface area (Å²) >= 11 is 0. The minimum atomic E-state index is -0.101. The maximum absolute atomic E-state index is 11.9. The Labute approximate surface area is 125 Å². The molecule has 0 atom stereocenters. The van der Waals surface area contributed by atoms with E-state index in [1.54, 1.807) is 12.1 Å². The molecule has 0 saturated heterocycles. The lowest BCUT2D eigenvalue weighted by atomic mass is 9.92. The van der Waals surface area contributed by atoms with Gasteiger partial charge in [0.25, 0.3) is 5.56 Å². The first-order valence-electron chi connectivity index (χ1n) is 7.15. The van der Waals surface area contributed by atoms with E-state index in [9.17, 15) is 4.79 Å². The molecule has 2 aromatic rings.